The summed E-state index contributed by atoms with van der Waals surface area (Å²) in [6.07, 6.45) is 4.26. The van der Waals surface area contributed by atoms with Crippen LogP contribution in [0.2, 0.25) is 5.02 Å². The predicted molar refractivity (Wildman–Crippen MR) is 96.5 cm³/mol. The molecule has 0 radical (unpaired) electrons. The highest BCUT2D eigenvalue weighted by Crippen LogP contribution is 2.27. The van der Waals surface area contributed by atoms with Crippen molar-refractivity contribution in [3.05, 3.63) is 52.3 Å². The number of halogens is 1. The van der Waals surface area contributed by atoms with Crippen molar-refractivity contribution in [1.82, 2.24) is 4.98 Å². The van der Waals surface area contributed by atoms with Crippen LogP contribution in [0.25, 0.3) is 0 Å². The first-order valence-corrected chi connectivity index (χ1v) is 8.08. The van der Waals surface area contributed by atoms with Crippen molar-refractivity contribution < 1.29 is 4.79 Å². The molecule has 0 saturated carbocycles. The number of aromatic nitrogens is 1. The molecular weight excluding hydrogens is 310 g/mol. The largest absolute Gasteiger partial charge is 0.381 e. The molecule has 1 aromatic heterocycles. The quantitative estimate of drug-likeness (QED) is 0.826. The van der Waals surface area contributed by atoms with Crippen LogP contribution >= 0.6 is 11.6 Å². The third-order valence-electron chi connectivity index (χ3n) is 3.70. The first kappa shape index (κ1) is 17.3. The van der Waals surface area contributed by atoms with Crippen molar-refractivity contribution in [2.75, 3.05) is 10.6 Å². The number of nitrogens with zero attached hydrogens (tertiary/aromatic N) is 1. The molecule has 1 atom stereocenters. The Morgan fingerprint density at radius 3 is 2.65 bits per heavy atom. The van der Waals surface area contributed by atoms with E-state index in [-0.39, 0.29) is 5.91 Å². The second-order valence-corrected chi connectivity index (χ2v) is 6.22. The highest BCUT2D eigenvalue weighted by molar-refractivity contribution is 6.34. The van der Waals surface area contributed by atoms with E-state index in [0.717, 1.165) is 23.2 Å². The lowest BCUT2D eigenvalue weighted by molar-refractivity contribution is 0.102. The van der Waals surface area contributed by atoms with E-state index >= 15 is 0 Å². The molecule has 23 heavy (non-hydrogen) atoms. The van der Waals surface area contributed by atoms with Crippen molar-refractivity contribution >= 4 is 28.9 Å². The summed E-state index contributed by atoms with van der Waals surface area (Å²) in [7, 11) is 0. The Labute approximate surface area is 142 Å². The first-order chi connectivity index (χ1) is 10.9. The van der Waals surface area contributed by atoms with Gasteiger partial charge in [0.2, 0.25) is 0 Å². The van der Waals surface area contributed by atoms with E-state index in [0.29, 0.717) is 22.3 Å². The molecule has 2 rings (SSSR count). The minimum Gasteiger partial charge on any atom is -0.381 e. The molecule has 122 valence electrons. The maximum atomic E-state index is 12.5. The average Bonchev–Trinajstić information content (AvgIpc) is 2.50. The molecule has 0 spiro atoms. The van der Waals surface area contributed by atoms with E-state index in [1.54, 1.807) is 18.5 Å². The SMILES string of the molecule is CCC(C)Nc1cncc(C(=O)Nc2c(C)cc(C)cc2Cl)c1. The smallest absolute Gasteiger partial charge is 0.257 e. The predicted octanol–water partition coefficient (Wildman–Crippen LogP) is 4.81. The lowest BCUT2D eigenvalue weighted by atomic mass is 10.1. The molecule has 0 aliphatic carbocycles. The van der Waals surface area contributed by atoms with Gasteiger partial charge in [-0.3, -0.25) is 9.78 Å². The number of amides is 1. The lowest BCUT2D eigenvalue weighted by Gasteiger charge is -2.14. The Balaban J connectivity index is 2.20. The Bertz CT molecular complexity index is 692. The first-order valence-electron chi connectivity index (χ1n) is 7.70. The fourth-order valence-electron chi connectivity index (χ4n) is 2.29. The van der Waals surface area contributed by atoms with E-state index in [1.807, 2.05) is 26.0 Å². The average molecular weight is 332 g/mol. The maximum absolute atomic E-state index is 12.5. The Morgan fingerprint density at radius 1 is 1.26 bits per heavy atom. The second-order valence-electron chi connectivity index (χ2n) is 5.81. The lowest BCUT2D eigenvalue weighted by Crippen LogP contribution is -2.16. The molecule has 1 aromatic carbocycles. The Kier molecular flexibility index (Phi) is 5.61. The monoisotopic (exact) mass is 331 g/mol. The van der Waals surface area contributed by atoms with Gasteiger partial charge in [-0.05, 0) is 50.5 Å². The molecule has 1 heterocycles. The molecule has 4 nitrogen and oxygen atoms in total. The van der Waals surface area contributed by atoms with Gasteiger partial charge in [0.05, 0.1) is 22.0 Å². The molecule has 2 aromatic rings. The number of carbonyl (C=O) groups excluding carboxylic acids is 1. The molecule has 1 unspecified atom stereocenters. The van der Waals surface area contributed by atoms with Crippen LogP contribution in [-0.4, -0.2) is 16.9 Å². The summed E-state index contributed by atoms with van der Waals surface area (Å²) in [5.41, 5.74) is 3.97. The number of anilines is 2. The van der Waals surface area contributed by atoms with Gasteiger partial charge in [0.25, 0.3) is 5.91 Å². The standard InChI is InChI=1S/C18H22ClN3O/c1-5-13(4)21-15-8-14(9-20-10-15)18(23)22-17-12(3)6-11(2)7-16(17)19/h6-10,13,21H,5H2,1-4H3,(H,22,23). The van der Waals surface area contributed by atoms with Crippen LogP contribution in [0.1, 0.15) is 41.8 Å². The molecule has 5 heteroatoms. The zero-order chi connectivity index (χ0) is 17.0. The van der Waals surface area contributed by atoms with Crippen molar-refractivity contribution in [1.29, 1.82) is 0 Å². The third-order valence-corrected chi connectivity index (χ3v) is 3.99. The van der Waals surface area contributed by atoms with Crippen molar-refractivity contribution in [3.63, 3.8) is 0 Å². The van der Waals surface area contributed by atoms with E-state index in [2.05, 4.69) is 29.5 Å². The molecule has 0 aliphatic rings. The van der Waals surface area contributed by atoms with Crippen molar-refractivity contribution in [2.24, 2.45) is 0 Å². The number of hydrogen-bond donors (Lipinski definition) is 2. The summed E-state index contributed by atoms with van der Waals surface area (Å²) in [6.45, 7) is 8.08. The van der Waals surface area contributed by atoms with Crippen LogP contribution in [0.15, 0.2) is 30.6 Å². The van der Waals surface area contributed by atoms with E-state index < -0.39 is 0 Å². The summed E-state index contributed by atoms with van der Waals surface area (Å²) < 4.78 is 0. The van der Waals surface area contributed by atoms with Gasteiger partial charge in [-0.1, -0.05) is 24.6 Å². The molecule has 0 fully saturated rings. The van der Waals surface area contributed by atoms with Gasteiger partial charge in [0.15, 0.2) is 0 Å². The molecule has 1 amide bonds. The summed E-state index contributed by atoms with van der Waals surface area (Å²) in [5, 5.41) is 6.73. The maximum Gasteiger partial charge on any atom is 0.257 e. The van der Waals surface area contributed by atoms with Gasteiger partial charge in [-0.2, -0.15) is 0 Å². The van der Waals surface area contributed by atoms with Gasteiger partial charge in [-0.15, -0.1) is 0 Å². The number of nitrogens with one attached hydrogen (secondary N) is 2. The van der Waals surface area contributed by atoms with E-state index in [4.69, 9.17) is 11.6 Å². The fraction of sp³-hybridized carbons (Fsp3) is 0.333. The minimum atomic E-state index is -0.223. The van der Waals surface area contributed by atoms with Crippen LogP contribution in [0.3, 0.4) is 0 Å². The normalized spacial score (nSPS) is 11.9. The Morgan fingerprint density at radius 2 is 2.00 bits per heavy atom. The molecular formula is C18H22ClN3O. The van der Waals surface area contributed by atoms with Crippen LogP contribution in [0.4, 0.5) is 11.4 Å². The topological polar surface area (TPSA) is 54.0 Å². The number of aryl methyl sites for hydroxylation is 2. The van der Waals surface area contributed by atoms with Crippen LogP contribution in [0, 0.1) is 13.8 Å². The Hall–Kier alpha value is -2.07. The minimum absolute atomic E-state index is 0.223. The van der Waals surface area contributed by atoms with Gasteiger partial charge >= 0.3 is 0 Å². The highest BCUT2D eigenvalue weighted by Gasteiger charge is 2.12. The van der Waals surface area contributed by atoms with E-state index in [9.17, 15) is 4.79 Å². The van der Waals surface area contributed by atoms with Crippen LogP contribution in [0.5, 0.6) is 0 Å². The number of hydrogen-bond acceptors (Lipinski definition) is 3. The zero-order valence-electron chi connectivity index (χ0n) is 13.9. The zero-order valence-corrected chi connectivity index (χ0v) is 14.7. The third kappa shape index (κ3) is 4.45. The summed E-state index contributed by atoms with van der Waals surface area (Å²) in [5.74, 6) is -0.223. The van der Waals surface area contributed by atoms with Crippen molar-refractivity contribution in [3.8, 4) is 0 Å². The fourth-order valence-corrected chi connectivity index (χ4v) is 2.66. The molecule has 0 bridgehead atoms. The number of benzene rings is 1. The number of carbonyl (C=O) groups is 1. The molecule has 0 saturated heterocycles. The van der Waals surface area contributed by atoms with Crippen LogP contribution in [-0.2, 0) is 0 Å². The number of rotatable bonds is 5. The molecule has 0 aliphatic heterocycles. The van der Waals surface area contributed by atoms with Gasteiger partial charge < -0.3 is 10.6 Å². The van der Waals surface area contributed by atoms with Gasteiger partial charge in [0, 0.05) is 18.4 Å². The molecule has 2 N–H and O–H groups in total. The number of pyridine rings is 1. The summed E-state index contributed by atoms with van der Waals surface area (Å²) in [6, 6.07) is 5.94. The summed E-state index contributed by atoms with van der Waals surface area (Å²) in [4.78, 5) is 16.6. The van der Waals surface area contributed by atoms with Gasteiger partial charge in [0.1, 0.15) is 0 Å². The van der Waals surface area contributed by atoms with E-state index in [1.165, 1.54) is 0 Å². The van der Waals surface area contributed by atoms with Crippen LogP contribution < -0.4 is 10.6 Å². The summed E-state index contributed by atoms with van der Waals surface area (Å²) >= 11 is 6.24. The highest BCUT2D eigenvalue weighted by atomic mass is 35.5. The van der Waals surface area contributed by atoms with Gasteiger partial charge in [-0.25, -0.2) is 0 Å². The second kappa shape index (κ2) is 7.47. The van der Waals surface area contributed by atoms with Crippen molar-refractivity contribution in [2.45, 2.75) is 40.2 Å².